The van der Waals surface area contributed by atoms with E-state index in [0.29, 0.717) is 11.9 Å². The molecule has 1 saturated carbocycles. The molecule has 1 aliphatic carbocycles. The highest BCUT2D eigenvalue weighted by Gasteiger charge is 2.52. The van der Waals surface area contributed by atoms with Crippen LogP contribution in [0.2, 0.25) is 0 Å². The van der Waals surface area contributed by atoms with E-state index in [1.165, 1.54) is 0 Å². The van der Waals surface area contributed by atoms with E-state index in [1.54, 1.807) is 0 Å². The third kappa shape index (κ3) is 1.65. The number of carbonyl (C=O) groups is 1. The first-order valence-corrected chi connectivity index (χ1v) is 5.50. The van der Waals surface area contributed by atoms with E-state index in [9.17, 15) is 4.79 Å². The molecule has 2 aliphatic rings. The summed E-state index contributed by atoms with van der Waals surface area (Å²) in [5.74, 6) is 0.636. The third-order valence-corrected chi connectivity index (χ3v) is 3.74. The van der Waals surface area contributed by atoms with Crippen LogP contribution in [0.3, 0.4) is 0 Å². The molecule has 0 bridgehead atoms. The standard InChI is InChI=1S/C11H20N2O/c1-11(2)6-9(11)10(14)13(3)8-4-5-12-7-8/h8-9,12H,4-7H2,1-3H3/t8-,9-/m0/s1. The summed E-state index contributed by atoms with van der Waals surface area (Å²) < 4.78 is 0. The molecular formula is C11H20N2O. The van der Waals surface area contributed by atoms with E-state index in [2.05, 4.69) is 19.2 Å². The number of carbonyl (C=O) groups excluding carboxylic acids is 1. The van der Waals surface area contributed by atoms with Crippen LogP contribution in [0.5, 0.6) is 0 Å². The summed E-state index contributed by atoms with van der Waals surface area (Å²) in [4.78, 5) is 14.0. The van der Waals surface area contributed by atoms with E-state index in [-0.39, 0.29) is 11.3 Å². The summed E-state index contributed by atoms with van der Waals surface area (Å²) in [6, 6.07) is 0.430. The number of amides is 1. The Morgan fingerprint density at radius 3 is 2.57 bits per heavy atom. The van der Waals surface area contributed by atoms with Crippen LogP contribution < -0.4 is 5.32 Å². The number of rotatable bonds is 2. The maximum atomic E-state index is 12.0. The molecule has 3 nitrogen and oxygen atoms in total. The van der Waals surface area contributed by atoms with Crippen LogP contribution in [0.25, 0.3) is 0 Å². The number of likely N-dealkylation sites (N-methyl/N-ethyl adjacent to an activating group) is 1. The van der Waals surface area contributed by atoms with Gasteiger partial charge in [-0.3, -0.25) is 4.79 Å². The summed E-state index contributed by atoms with van der Waals surface area (Å²) >= 11 is 0. The lowest BCUT2D eigenvalue weighted by molar-refractivity contribution is -0.133. The Labute approximate surface area is 85.8 Å². The highest BCUT2D eigenvalue weighted by atomic mass is 16.2. The van der Waals surface area contributed by atoms with Gasteiger partial charge in [-0.05, 0) is 24.8 Å². The molecule has 2 fully saturated rings. The highest BCUT2D eigenvalue weighted by Crippen LogP contribution is 2.52. The van der Waals surface area contributed by atoms with Crippen molar-refractivity contribution in [2.24, 2.45) is 11.3 Å². The van der Waals surface area contributed by atoms with Crippen molar-refractivity contribution in [2.75, 3.05) is 20.1 Å². The van der Waals surface area contributed by atoms with E-state index < -0.39 is 0 Å². The van der Waals surface area contributed by atoms with Gasteiger partial charge in [-0.25, -0.2) is 0 Å². The van der Waals surface area contributed by atoms with Crippen LogP contribution in [0, 0.1) is 11.3 Å². The normalized spacial score (nSPS) is 34.2. The fourth-order valence-corrected chi connectivity index (χ4v) is 2.28. The van der Waals surface area contributed by atoms with Gasteiger partial charge in [0.1, 0.15) is 0 Å². The number of hydrogen-bond donors (Lipinski definition) is 1. The van der Waals surface area contributed by atoms with Crippen molar-refractivity contribution in [3.8, 4) is 0 Å². The van der Waals surface area contributed by atoms with Crippen molar-refractivity contribution in [2.45, 2.75) is 32.7 Å². The molecule has 2 rings (SSSR count). The Kier molecular flexibility index (Phi) is 2.30. The van der Waals surface area contributed by atoms with Crippen LogP contribution >= 0.6 is 0 Å². The Bertz CT molecular complexity index is 244. The van der Waals surface area contributed by atoms with Crippen molar-refractivity contribution in [3.05, 3.63) is 0 Å². The second kappa shape index (κ2) is 3.23. The summed E-state index contributed by atoms with van der Waals surface area (Å²) in [5, 5.41) is 3.29. The lowest BCUT2D eigenvalue weighted by Crippen LogP contribution is -2.39. The predicted molar refractivity (Wildman–Crippen MR) is 55.9 cm³/mol. The van der Waals surface area contributed by atoms with Gasteiger partial charge < -0.3 is 10.2 Å². The van der Waals surface area contributed by atoms with E-state index in [4.69, 9.17) is 0 Å². The Morgan fingerprint density at radius 2 is 2.14 bits per heavy atom. The van der Waals surface area contributed by atoms with Crippen LogP contribution in [0.15, 0.2) is 0 Å². The third-order valence-electron chi connectivity index (χ3n) is 3.74. The molecule has 1 amide bonds. The lowest BCUT2D eigenvalue weighted by atomic mass is 10.1. The minimum absolute atomic E-state index is 0.261. The van der Waals surface area contributed by atoms with E-state index in [1.807, 2.05) is 11.9 Å². The molecule has 1 heterocycles. The minimum Gasteiger partial charge on any atom is -0.341 e. The Morgan fingerprint density at radius 1 is 1.50 bits per heavy atom. The molecule has 0 aromatic carbocycles. The number of hydrogen-bond acceptors (Lipinski definition) is 2. The van der Waals surface area contributed by atoms with Gasteiger partial charge in [0.15, 0.2) is 0 Å². The Balaban J connectivity index is 1.91. The predicted octanol–water partition coefficient (Wildman–Crippen LogP) is 0.853. The van der Waals surface area contributed by atoms with Crippen molar-refractivity contribution in [1.82, 2.24) is 10.2 Å². The van der Waals surface area contributed by atoms with Crippen molar-refractivity contribution in [3.63, 3.8) is 0 Å². The summed E-state index contributed by atoms with van der Waals surface area (Å²) in [7, 11) is 1.95. The number of nitrogens with one attached hydrogen (secondary N) is 1. The van der Waals surface area contributed by atoms with Gasteiger partial charge in [-0.15, -0.1) is 0 Å². The molecule has 80 valence electrons. The molecular weight excluding hydrogens is 176 g/mol. The molecule has 0 aromatic rings. The van der Waals surface area contributed by atoms with Gasteiger partial charge in [0.05, 0.1) is 0 Å². The number of nitrogens with zero attached hydrogens (tertiary/aromatic N) is 1. The summed E-state index contributed by atoms with van der Waals surface area (Å²) in [6.45, 7) is 6.37. The SMILES string of the molecule is CN(C(=O)[C@@H]1CC1(C)C)[C@H]1CCNC1. The monoisotopic (exact) mass is 196 g/mol. The maximum absolute atomic E-state index is 12.0. The molecule has 0 spiro atoms. The average Bonchev–Trinajstić information content (AvgIpc) is 2.60. The van der Waals surface area contributed by atoms with Gasteiger partial charge in [0.25, 0.3) is 0 Å². The zero-order valence-electron chi connectivity index (χ0n) is 9.34. The van der Waals surface area contributed by atoms with Crippen LogP contribution in [0.1, 0.15) is 26.7 Å². The molecule has 2 atom stereocenters. The van der Waals surface area contributed by atoms with Gasteiger partial charge >= 0.3 is 0 Å². The first kappa shape index (κ1) is 9.97. The van der Waals surface area contributed by atoms with Gasteiger partial charge in [0.2, 0.25) is 5.91 Å². The topological polar surface area (TPSA) is 32.3 Å². The molecule has 1 saturated heterocycles. The second-order valence-corrected chi connectivity index (χ2v) is 5.34. The van der Waals surface area contributed by atoms with Gasteiger partial charge in [-0.2, -0.15) is 0 Å². The molecule has 0 radical (unpaired) electrons. The fourth-order valence-electron chi connectivity index (χ4n) is 2.28. The molecule has 0 aromatic heterocycles. The molecule has 14 heavy (non-hydrogen) atoms. The van der Waals surface area contributed by atoms with Crippen LogP contribution in [0.4, 0.5) is 0 Å². The molecule has 3 heteroatoms. The fraction of sp³-hybridized carbons (Fsp3) is 0.909. The smallest absolute Gasteiger partial charge is 0.226 e. The molecule has 1 N–H and O–H groups in total. The minimum atomic E-state index is 0.261. The van der Waals surface area contributed by atoms with Crippen LogP contribution in [-0.2, 0) is 4.79 Å². The molecule has 0 unspecified atom stereocenters. The van der Waals surface area contributed by atoms with E-state index >= 15 is 0 Å². The summed E-state index contributed by atoms with van der Waals surface area (Å²) in [5.41, 5.74) is 0.261. The second-order valence-electron chi connectivity index (χ2n) is 5.34. The lowest BCUT2D eigenvalue weighted by Gasteiger charge is -2.24. The van der Waals surface area contributed by atoms with Crippen molar-refractivity contribution >= 4 is 5.91 Å². The quantitative estimate of drug-likeness (QED) is 0.710. The zero-order valence-corrected chi connectivity index (χ0v) is 9.34. The van der Waals surface area contributed by atoms with Crippen molar-refractivity contribution < 1.29 is 4.79 Å². The largest absolute Gasteiger partial charge is 0.341 e. The molecule has 1 aliphatic heterocycles. The van der Waals surface area contributed by atoms with Gasteiger partial charge in [0, 0.05) is 25.6 Å². The first-order chi connectivity index (χ1) is 6.52. The van der Waals surface area contributed by atoms with Gasteiger partial charge in [-0.1, -0.05) is 13.8 Å². The average molecular weight is 196 g/mol. The highest BCUT2D eigenvalue weighted by molar-refractivity contribution is 5.82. The maximum Gasteiger partial charge on any atom is 0.226 e. The first-order valence-electron chi connectivity index (χ1n) is 5.50. The van der Waals surface area contributed by atoms with Crippen LogP contribution in [-0.4, -0.2) is 37.0 Å². The Hall–Kier alpha value is -0.570. The van der Waals surface area contributed by atoms with E-state index in [0.717, 1.165) is 25.9 Å². The van der Waals surface area contributed by atoms with Crippen molar-refractivity contribution in [1.29, 1.82) is 0 Å². The summed E-state index contributed by atoms with van der Waals surface area (Å²) in [6.07, 6.45) is 2.17. The zero-order chi connectivity index (χ0) is 10.3.